The van der Waals surface area contributed by atoms with Gasteiger partial charge in [0.25, 0.3) is 0 Å². The molecule has 0 aromatic carbocycles. The van der Waals surface area contributed by atoms with Gasteiger partial charge in [-0.2, -0.15) is 0 Å². The predicted octanol–water partition coefficient (Wildman–Crippen LogP) is 0.147. The Kier molecular flexibility index (Phi) is 3.88. The zero-order valence-electron chi connectivity index (χ0n) is 8.25. The van der Waals surface area contributed by atoms with Crippen LogP contribution < -0.4 is 10.3 Å². The third kappa shape index (κ3) is 4.06. The maximum atomic E-state index is 11.4. The average molecular weight is 220 g/mol. The monoisotopic (exact) mass is 220 g/mol. The molecule has 0 unspecified atom stereocenters. The highest BCUT2D eigenvalue weighted by Crippen LogP contribution is 2.23. The van der Waals surface area contributed by atoms with E-state index in [1.54, 1.807) is 0 Å². The lowest BCUT2D eigenvalue weighted by Crippen LogP contribution is -2.44. The Morgan fingerprint density at radius 2 is 1.79 bits per heavy atom. The number of nitrogens with one attached hydrogen (secondary N) is 2. The summed E-state index contributed by atoms with van der Waals surface area (Å²) in [6.07, 6.45) is 6.00. The number of sulfonamides is 1. The Balaban J connectivity index is 2.34. The van der Waals surface area contributed by atoms with Crippen molar-refractivity contribution in [2.24, 2.45) is 5.92 Å². The van der Waals surface area contributed by atoms with Crippen LogP contribution in [0.2, 0.25) is 0 Å². The fourth-order valence-electron chi connectivity index (χ4n) is 1.61. The van der Waals surface area contributed by atoms with E-state index in [1.807, 2.05) is 4.83 Å². The van der Waals surface area contributed by atoms with E-state index in [-0.39, 0.29) is 11.8 Å². The van der Waals surface area contributed by atoms with Crippen LogP contribution in [0.25, 0.3) is 0 Å². The maximum Gasteiger partial charge on any atom is 0.238 e. The van der Waals surface area contributed by atoms with Crippen LogP contribution in [0.3, 0.4) is 0 Å². The van der Waals surface area contributed by atoms with Gasteiger partial charge < -0.3 is 0 Å². The number of carbonyl (C=O) groups excluding carboxylic acids is 1. The number of hydrazine groups is 1. The first-order valence-electron chi connectivity index (χ1n) is 4.76. The van der Waals surface area contributed by atoms with Crippen molar-refractivity contribution >= 4 is 15.9 Å². The molecule has 6 heteroatoms. The molecule has 1 fully saturated rings. The summed E-state index contributed by atoms with van der Waals surface area (Å²) in [6, 6.07) is 0. The van der Waals surface area contributed by atoms with Crippen LogP contribution in [0, 0.1) is 5.92 Å². The van der Waals surface area contributed by atoms with Gasteiger partial charge >= 0.3 is 0 Å². The van der Waals surface area contributed by atoms with E-state index in [1.165, 1.54) is 6.42 Å². The topological polar surface area (TPSA) is 75.3 Å². The van der Waals surface area contributed by atoms with Crippen molar-refractivity contribution < 1.29 is 13.2 Å². The number of hydrogen-bond donors (Lipinski definition) is 2. The molecular formula is C8H16N2O3S. The van der Waals surface area contributed by atoms with E-state index in [2.05, 4.69) is 5.43 Å². The minimum Gasteiger partial charge on any atom is -0.278 e. The lowest BCUT2D eigenvalue weighted by atomic mass is 9.89. The van der Waals surface area contributed by atoms with Crippen molar-refractivity contribution in [2.45, 2.75) is 32.1 Å². The highest BCUT2D eigenvalue weighted by atomic mass is 32.2. The van der Waals surface area contributed by atoms with Crippen molar-refractivity contribution in [3.8, 4) is 0 Å². The molecule has 14 heavy (non-hydrogen) atoms. The Bertz CT molecular complexity index is 294. The Morgan fingerprint density at radius 3 is 2.29 bits per heavy atom. The molecule has 0 saturated heterocycles. The minimum absolute atomic E-state index is 0.0296. The molecule has 0 atom stereocenters. The first-order valence-corrected chi connectivity index (χ1v) is 6.65. The molecule has 1 rings (SSSR count). The molecule has 0 radical (unpaired) electrons. The van der Waals surface area contributed by atoms with Crippen LogP contribution in [0.4, 0.5) is 0 Å². The molecule has 0 heterocycles. The summed E-state index contributed by atoms with van der Waals surface area (Å²) < 4.78 is 21.4. The molecule has 82 valence electrons. The molecule has 1 aliphatic rings. The molecule has 0 spiro atoms. The van der Waals surface area contributed by atoms with Crippen molar-refractivity contribution in [2.75, 3.05) is 6.26 Å². The van der Waals surface area contributed by atoms with E-state index in [0.29, 0.717) is 0 Å². The van der Waals surface area contributed by atoms with Crippen LogP contribution in [-0.2, 0) is 14.8 Å². The molecule has 5 nitrogen and oxygen atoms in total. The number of amides is 1. The highest BCUT2D eigenvalue weighted by Gasteiger charge is 2.21. The van der Waals surface area contributed by atoms with Crippen molar-refractivity contribution in [1.29, 1.82) is 0 Å². The van der Waals surface area contributed by atoms with Gasteiger partial charge in [-0.05, 0) is 12.8 Å². The molecule has 0 aromatic rings. The Morgan fingerprint density at radius 1 is 1.21 bits per heavy atom. The summed E-state index contributed by atoms with van der Waals surface area (Å²) in [7, 11) is -3.34. The molecule has 1 amide bonds. The van der Waals surface area contributed by atoms with Gasteiger partial charge in [-0.25, -0.2) is 8.42 Å². The average Bonchev–Trinajstić information content (AvgIpc) is 2.14. The summed E-state index contributed by atoms with van der Waals surface area (Å²) >= 11 is 0. The quantitative estimate of drug-likeness (QED) is 0.665. The van der Waals surface area contributed by atoms with Crippen LogP contribution in [0.5, 0.6) is 0 Å². The second-order valence-corrected chi connectivity index (χ2v) is 5.45. The zero-order valence-corrected chi connectivity index (χ0v) is 9.06. The summed E-state index contributed by atoms with van der Waals surface area (Å²) in [5, 5.41) is 0. The van der Waals surface area contributed by atoms with E-state index < -0.39 is 10.0 Å². The zero-order chi connectivity index (χ0) is 10.6. The summed E-state index contributed by atoms with van der Waals surface area (Å²) in [5.41, 5.74) is 2.22. The Hall–Kier alpha value is -0.620. The van der Waals surface area contributed by atoms with E-state index in [9.17, 15) is 13.2 Å². The SMILES string of the molecule is CS(=O)(=O)NNC(=O)C1CCCCC1. The fraction of sp³-hybridized carbons (Fsp3) is 0.875. The summed E-state index contributed by atoms with van der Waals surface area (Å²) in [5.74, 6) is -0.242. The van der Waals surface area contributed by atoms with Gasteiger partial charge in [0.2, 0.25) is 15.9 Å². The van der Waals surface area contributed by atoms with E-state index >= 15 is 0 Å². The largest absolute Gasteiger partial charge is 0.278 e. The second-order valence-electron chi connectivity index (χ2n) is 3.70. The Labute approximate surface area is 84.3 Å². The van der Waals surface area contributed by atoms with Gasteiger partial charge in [0.1, 0.15) is 0 Å². The van der Waals surface area contributed by atoms with Gasteiger partial charge in [-0.3, -0.25) is 10.2 Å². The fourth-order valence-corrected chi connectivity index (χ4v) is 1.90. The molecule has 2 N–H and O–H groups in total. The standard InChI is InChI=1S/C8H16N2O3S/c1-14(12,13)10-9-8(11)7-5-3-2-4-6-7/h7,10H,2-6H2,1H3,(H,9,11). The van der Waals surface area contributed by atoms with E-state index in [0.717, 1.165) is 31.9 Å². The summed E-state index contributed by atoms with van der Waals surface area (Å²) in [6.45, 7) is 0. The smallest absolute Gasteiger partial charge is 0.238 e. The number of carbonyl (C=O) groups is 1. The third-order valence-corrected chi connectivity index (χ3v) is 2.81. The van der Waals surface area contributed by atoms with Gasteiger partial charge in [0.15, 0.2) is 0 Å². The molecule has 0 aromatic heterocycles. The molecule has 1 saturated carbocycles. The van der Waals surface area contributed by atoms with Crippen LogP contribution in [0.15, 0.2) is 0 Å². The maximum absolute atomic E-state index is 11.4. The minimum atomic E-state index is -3.34. The van der Waals surface area contributed by atoms with Crippen molar-refractivity contribution in [3.63, 3.8) is 0 Å². The lowest BCUT2D eigenvalue weighted by Gasteiger charge is -2.20. The van der Waals surface area contributed by atoms with Crippen LogP contribution >= 0.6 is 0 Å². The van der Waals surface area contributed by atoms with Crippen LogP contribution in [-0.4, -0.2) is 20.6 Å². The van der Waals surface area contributed by atoms with Gasteiger partial charge in [0, 0.05) is 5.92 Å². The molecule has 1 aliphatic carbocycles. The van der Waals surface area contributed by atoms with Crippen LogP contribution in [0.1, 0.15) is 32.1 Å². The van der Waals surface area contributed by atoms with Crippen molar-refractivity contribution in [3.05, 3.63) is 0 Å². The van der Waals surface area contributed by atoms with Gasteiger partial charge in [0.05, 0.1) is 6.26 Å². The highest BCUT2D eigenvalue weighted by molar-refractivity contribution is 7.88. The normalized spacial score (nSPS) is 19.2. The van der Waals surface area contributed by atoms with Gasteiger partial charge in [-0.1, -0.05) is 19.3 Å². The molecule has 0 bridgehead atoms. The lowest BCUT2D eigenvalue weighted by molar-refractivity contribution is -0.126. The predicted molar refractivity (Wildman–Crippen MR) is 52.7 cm³/mol. The van der Waals surface area contributed by atoms with Crippen molar-refractivity contribution in [1.82, 2.24) is 10.3 Å². The van der Waals surface area contributed by atoms with E-state index in [4.69, 9.17) is 0 Å². The molecule has 0 aliphatic heterocycles. The first kappa shape index (κ1) is 11.5. The van der Waals surface area contributed by atoms with Gasteiger partial charge in [-0.15, -0.1) is 4.83 Å². The third-order valence-electron chi connectivity index (χ3n) is 2.34. The number of hydrogen-bond acceptors (Lipinski definition) is 3. The second kappa shape index (κ2) is 4.75. The summed E-state index contributed by atoms with van der Waals surface area (Å²) in [4.78, 5) is 13.4. The first-order chi connectivity index (χ1) is 6.49. The molecular weight excluding hydrogens is 204 g/mol. The number of rotatable bonds is 3.